The number of aromatic nitrogens is 3. The zero-order chi connectivity index (χ0) is 21.8. The molecule has 160 valence electrons. The SMILES string of the molecule is CC(=O)N1CCN(c2cccnc2C(=O)Nc2nc(-c3cccnc3CO)cs2)CC1. The molecule has 4 heterocycles. The van der Waals surface area contributed by atoms with E-state index in [0.717, 1.165) is 11.3 Å². The van der Waals surface area contributed by atoms with E-state index in [1.165, 1.54) is 11.3 Å². The van der Waals surface area contributed by atoms with E-state index in [9.17, 15) is 14.7 Å². The van der Waals surface area contributed by atoms with Crippen molar-refractivity contribution in [2.45, 2.75) is 13.5 Å². The van der Waals surface area contributed by atoms with Crippen molar-refractivity contribution in [2.75, 3.05) is 36.4 Å². The second-order valence-electron chi connectivity index (χ2n) is 7.01. The summed E-state index contributed by atoms with van der Waals surface area (Å²) in [6.07, 6.45) is 3.20. The standard InChI is InChI=1S/C21H22N6O3S/c1-14(29)26-8-10-27(11-9-26)18-5-3-7-23-19(18)20(30)25-21-24-17(13-31-21)15-4-2-6-22-16(15)12-28/h2-7,13,28H,8-12H2,1H3,(H,24,25,30). The molecule has 1 aliphatic rings. The number of carbonyl (C=O) groups is 2. The third kappa shape index (κ3) is 4.54. The lowest BCUT2D eigenvalue weighted by Gasteiger charge is -2.36. The number of aliphatic hydroxyl groups is 1. The minimum Gasteiger partial charge on any atom is -0.390 e. The maximum Gasteiger partial charge on any atom is 0.278 e. The van der Waals surface area contributed by atoms with Gasteiger partial charge in [0.1, 0.15) is 0 Å². The summed E-state index contributed by atoms with van der Waals surface area (Å²) in [6, 6.07) is 7.26. The lowest BCUT2D eigenvalue weighted by atomic mass is 10.1. The number of thiazole rings is 1. The number of nitrogens with zero attached hydrogens (tertiary/aromatic N) is 5. The molecule has 3 aromatic rings. The van der Waals surface area contributed by atoms with Gasteiger partial charge in [0.25, 0.3) is 5.91 Å². The van der Waals surface area contributed by atoms with Gasteiger partial charge >= 0.3 is 0 Å². The van der Waals surface area contributed by atoms with Gasteiger partial charge in [0.15, 0.2) is 10.8 Å². The first-order chi connectivity index (χ1) is 15.1. The Morgan fingerprint density at radius 1 is 1.13 bits per heavy atom. The summed E-state index contributed by atoms with van der Waals surface area (Å²) in [7, 11) is 0. The Labute approximate surface area is 183 Å². The minimum absolute atomic E-state index is 0.0568. The second kappa shape index (κ2) is 9.19. The number of hydrogen-bond donors (Lipinski definition) is 2. The third-order valence-electron chi connectivity index (χ3n) is 5.11. The van der Waals surface area contributed by atoms with E-state index in [1.807, 2.05) is 17.5 Å². The van der Waals surface area contributed by atoms with Gasteiger partial charge in [-0.1, -0.05) is 0 Å². The molecule has 1 aliphatic heterocycles. The first kappa shape index (κ1) is 20.9. The summed E-state index contributed by atoms with van der Waals surface area (Å²) in [6.45, 7) is 3.87. The second-order valence-corrected chi connectivity index (χ2v) is 7.87. The lowest BCUT2D eigenvalue weighted by molar-refractivity contribution is -0.129. The largest absolute Gasteiger partial charge is 0.390 e. The molecule has 0 atom stereocenters. The van der Waals surface area contributed by atoms with Crippen molar-refractivity contribution < 1.29 is 14.7 Å². The molecule has 9 nitrogen and oxygen atoms in total. The minimum atomic E-state index is -0.348. The summed E-state index contributed by atoms with van der Waals surface area (Å²) in [5.74, 6) is -0.291. The van der Waals surface area contributed by atoms with E-state index >= 15 is 0 Å². The van der Waals surface area contributed by atoms with Crippen molar-refractivity contribution >= 4 is 34.0 Å². The molecular weight excluding hydrogens is 416 g/mol. The first-order valence-corrected chi connectivity index (χ1v) is 10.7. The van der Waals surface area contributed by atoms with Crippen LogP contribution in [0.4, 0.5) is 10.8 Å². The number of piperazine rings is 1. The fourth-order valence-corrected chi connectivity index (χ4v) is 4.20. The molecular formula is C21H22N6O3S. The lowest BCUT2D eigenvalue weighted by Crippen LogP contribution is -2.48. The number of anilines is 2. The number of carbonyl (C=O) groups excluding carboxylic acids is 2. The van der Waals surface area contributed by atoms with E-state index in [0.29, 0.717) is 48.4 Å². The number of amides is 2. The highest BCUT2D eigenvalue weighted by Crippen LogP contribution is 2.28. The van der Waals surface area contributed by atoms with Gasteiger partial charge in [0.2, 0.25) is 5.91 Å². The van der Waals surface area contributed by atoms with Crippen LogP contribution in [0.2, 0.25) is 0 Å². The number of nitrogens with one attached hydrogen (secondary N) is 1. The van der Waals surface area contributed by atoms with Crippen LogP contribution in [0.1, 0.15) is 23.1 Å². The molecule has 4 rings (SSSR count). The van der Waals surface area contributed by atoms with Crippen LogP contribution in [-0.2, 0) is 11.4 Å². The summed E-state index contributed by atoms with van der Waals surface area (Å²) in [5.41, 5.74) is 2.94. The number of hydrogen-bond acceptors (Lipinski definition) is 8. The third-order valence-corrected chi connectivity index (χ3v) is 5.87. The number of pyridine rings is 2. The highest BCUT2D eigenvalue weighted by atomic mass is 32.1. The molecule has 1 saturated heterocycles. The highest BCUT2D eigenvalue weighted by Gasteiger charge is 2.24. The van der Waals surface area contributed by atoms with Crippen LogP contribution in [0.5, 0.6) is 0 Å². The van der Waals surface area contributed by atoms with Crippen molar-refractivity contribution in [3.05, 3.63) is 53.4 Å². The maximum atomic E-state index is 13.0. The molecule has 3 aromatic heterocycles. The van der Waals surface area contributed by atoms with Crippen molar-refractivity contribution in [1.29, 1.82) is 0 Å². The molecule has 1 fully saturated rings. The predicted molar refractivity (Wildman–Crippen MR) is 118 cm³/mol. The fraction of sp³-hybridized carbons (Fsp3) is 0.286. The van der Waals surface area contributed by atoms with Crippen LogP contribution in [0.15, 0.2) is 42.0 Å². The Balaban J connectivity index is 1.50. The average Bonchev–Trinajstić information content (AvgIpc) is 3.27. The van der Waals surface area contributed by atoms with Gasteiger partial charge in [-0.25, -0.2) is 9.97 Å². The van der Waals surface area contributed by atoms with Crippen LogP contribution < -0.4 is 10.2 Å². The zero-order valence-corrected chi connectivity index (χ0v) is 17.8. The summed E-state index contributed by atoms with van der Waals surface area (Å²) >= 11 is 1.29. The first-order valence-electron chi connectivity index (χ1n) is 9.84. The van der Waals surface area contributed by atoms with E-state index in [1.54, 1.807) is 36.4 Å². The van der Waals surface area contributed by atoms with E-state index in [4.69, 9.17) is 0 Å². The Kier molecular flexibility index (Phi) is 6.19. The van der Waals surface area contributed by atoms with Crippen molar-refractivity contribution in [1.82, 2.24) is 19.9 Å². The van der Waals surface area contributed by atoms with Crippen molar-refractivity contribution in [3.63, 3.8) is 0 Å². The summed E-state index contributed by atoms with van der Waals surface area (Å²) < 4.78 is 0. The molecule has 0 saturated carbocycles. The molecule has 31 heavy (non-hydrogen) atoms. The molecule has 0 radical (unpaired) electrons. The molecule has 0 spiro atoms. The van der Waals surface area contributed by atoms with Gasteiger partial charge in [-0.05, 0) is 24.3 Å². The van der Waals surface area contributed by atoms with Gasteiger partial charge < -0.3 is 14.9 Å². The molecule has 2 N–H and O–H groups in total. The van der Waals surface area contributed by atoms with Crippen LogP contribution in [-0.4, -0.2) is 63.0 Å². The van der Waals surface area contributed by atoms with Crippen LogP contribution in [0, 0.1) is 0 Å². The molecule has 0 bridgehead atoms. The van der Waals surface area contributed by atoms with Gasteiger partial charge in [-0.3, -0.25) is 19.9 Å². The molecule has 0 unspecified atom stereocenters. The monoisotopic (exact) mass is 438 g/mol. The summed E-state index contributed by atoms with van der Waals surface area (Å²) in [5, 5.41) is 14.6. The number of rotatable bonds is 5. The Hall–Kier alpha value is -3.37. The molecule has 0 aromatic carbocycles. The Bertz CT molecular complexity index is 1090. The predicted octanol–water partition coefficient (Wildman–Crippen LogP) is 2.01. The normalized spacial score (nSPS) is 13.9. The quantitative estimate of drug-likeness (QED) is 0.627. The van der Waals surface area contributed by atoms with Crippen molar-refractivity contribution in [3.8, 4) is 11.3 Å². The van der Waals surface area contributed by atoms with Crippen LogP contribution in [0.3, 0.4) is 0 Å². The molecule has 2 amide bonds. The Morgan fingerprint density at radius 2 is 1.87 bits per heavy atom. The average molecular weight is 439 g/mol. The number of aliphatic hydroxyl groups excluding tert-OH is 1. The van der Waals surface area contributed by atoms with E-state index in [-0.39, 0.29) is 18.4 Å². The van der Waals surface area contributed by atoms with Gasteiger partial charge in [0.05, 0.1) is 23.7 Å². The van der Waals surface area contributed by atoms with Gasteiger partial charge in [-0.2, -0.15) is 0 Å². The fourth-order valence-electron chi connectivity index (χ4n) is 3.50. The summed E-state index contributed by atoms with van der Waals surface area (Å²) in [4.78, 5) is 41.3. The van der Waals surface area contributed by atoms with Gasteiger partial charge in [0, 0.05) is 56.4 Å². The van der Waals surface area contributed by atoms with E-state index < -0.39 is 0 Å². The zero-order valence-electron chi connectivity index (χ0n) is 17.0. The smallest absolute Gasteiger partial charge is 0.278 e. The van der Waals surface area contributed by atoms with Crippen LogP contribution in [0.25, 0.3) is 11.3 Å². The molecule has 10 heteroatoms. The highest BCUT2D eigenvalue weighted by molar-refractivity contribution is 7.14. The molecule has 0 aliphatic carbocycles. The van der Waals surface area contributed by atoms with Gasteiger partial charge in [-0.15, -0.1) is 11.3 Å². The maximum absolute atomic E-state index is 13.0. The van der Waals surface area contributed by atoms with Crippen molar-refractivity contribution in [2.24, 2.45) is 0 Å². The van der Waals surface area contributed by atoms with E-state index in [2.05, 4.69) is 25.2 Å². The topological polar surface area (TPSA) is 112 Å². The van der Waals surface area contributed by atoms with Crippen LogP contribution >= 0.6 is 11.3 Å². The Morgan fingerprint density at radius 3 is 2.61 bits per heavy atom.